The molecule has 0 unspecified atom stereocenters. The third-order valence-corrected chi connectivity index (χ3v) is 4.57. The molecule has 0 fully saturated rings. The fourth-order valence-corrected chi connectivity index (χ4v) is 3.02. The zero-order valence-electron chi connectivity index (χ0n) is 16.0. The molecule has 0 spiro atoms. The molecule has 3 rings (SSSR count). The molecular formula is C20H17ClN4O5. The van der Waals surface area contributed by atoms with Gasteiger partial charge in [0.1, 0.15) is 16.5 Å². The molecule has 30 heavy (non-hydrogen) atoms. The Morgan fingerprint density at radius 1 is 0.833 bits per heavy atom. The fourth-order valence-electron chi connectivity index (χ4n) is 2.79. The van der Waals surface area contributed by atoms with E-state index >= 15 is 0 Å². The van der Waals surface area contributed by atoms with Crippen molar-refractivity contribution < 1.29 is 14.6 Å². The summed E-state index contributed by atoms with van der Waals surface area (Å²) in [6.07, 6.45) is 0. The van der Waals surface area contributed by atoms with Crippen LogP contribution in [0.4, 0.5) is 34.1 Å². The van der Waals surface area contributed by atoms with Gasteiger partial charge in [-0.1, -0.05) is 17.7 Å². The summed E-state index contributed by atoms with van der Waals surface area (Å²) in [7, 11) is 1.58. The summed E-state index contributed by atoms with van der Waals surface area (Å²) in [5.41, 5.74) is 1.93. The minimum absolute atomic E-state index is 0.0407. The topological polar surface area (TPSA) is 120 Å². The molecule has 0 heterocycles. The van der Waals surface area contributed by atoms with Crippen molar-refractivity contribution in [1.29, 1.82) is 0 Å². The van der Waals surface area contributed by atoms with Crippen LogP contribution in [0.3, 0.4) is 0 Å². The molecule has 2 N–H and O–H groups in total. The largest absolute Gasteiger partial charge is 0.497 e. The Hall–Kier alpha value is -3.85. The van der Waals surface area contributed by atoms with Crippen LogP contribution in [0.25, 0.3) is 0 Å². The predicted molar refractivity (Wildman–Crippen MR) is 115 cm³/mol. The first-order chi connectivity index (χ1) is 14.3. The molecule has 0 saturated carbocycles. The number of ether oxygens (including phenoxy) is 1. The second-order valence-electron chi connectivity index (χ2n) is 6.36. The highest BCUT2D eigenvalue weighted by atomic mass is 35.5. The van der Waals surface area contributed by atoms with E-state index in [2.05, 4.69) is 10.6 Å². The Labute approximate surface area is 176 Å². The highest BCUT2D eigenvalue weighted by Gasteiger charge is 2.24. The van der Waals surface area contributed by atoms with Gasteiger partial charge in [0.05, 0.1) is 34.4 Å². The van der Waals surface area contributed by atoms with E-state index in [1.54, 1.807) is 25.3 Å². The summed E-state index contributed by atoms with van der Waals surface area (Å²) in [4.78, 5) is 21.1. The molecule has 0 bridgehead atoms. The number of nitrogens with zero attached hydrogens (tertiary/aromatic N) is 2. The van der Waals surface area contributed by atoms with Crippen LogP contribution >= 0.6 is 11.6 Å². The molecule has 0 amide bonds. The Balaban J connectivity index is 2.00. The summed E-state index contributed by atoms with van der Waals surface area (Å²) in [5, 5.41) is 28.6. The van der Waals surface area contributed by atoms with Crippen molar-refractivity contribution in [2.24, 2.45) is 0 Å². The number of halogens is 1. The van der Waals surface area contributed by atoms with Crippen LogP contribution in [0.2, 0.25) is 5.02 Å². The number of benzene rings is 3. The quantitative estimate of drug-likeness (QED) is 0.351. The monoisotopic (exact) mass is 428 g/mol. The van der Waals surface area contributed by atoms with Gasteiger partial charge in [-0.15, -0.1) is 0 Å². The number of methoxy groups -OCH3 is 1. The molecule has 0 aliphatic heterocycles. The minimum Gasteiger partial charge on any atom is -0.497 e. The lowest BCUT2D eigenvalue weighted by Crippen LogP contribution is -2.02. The molecule has 10 heteroatoms. The van der Waals surface area contributed by atoms with Gasteiger partial charge in [-0.2, -0.15) is 0 Å². The molecular weight excluding hydrogens is 412 g/mol. The third-order valence-electron chi connectivity index (χ3n) is 4.27. The average Bonchev–Trinajstić information content (AvgIpc) is 2.70. The van der Waals surface area contributed by atoms with Gasteiger partial charge in [-0.05, 0) is 55.0 Å². The van der Waals surface area contributed by atoms with Crippen LogP contribution in [0, 0.1) is 27.2 Å². The number of hydrogen-bond donors (Lipinski definition) is 2. The Morgan fingerprint density at radius 3 is 2.10 bits per heavy atom. The smallest absolute Gasteiger partial charge is 0.299 e. The van der Waals surface area contributed by atoms with Crippen molar-refractivity contribution in [3.05, 3.63) is 85.4 Å². The van der Waals surface area contributed by atoms with E-state index in [0.717, 1.165) is 17.3 Å². The molecule has 3 aromatic carbocycles. The van der Waals surface area contributed by atoms with Crippen molar-refractivity contribution in [3.63, 3.8) is 0 Å². The van der Waals surface area contributed by atoms with Crippen molar-refractivity contribution in [1.82, 2.24) is 0 Å². The summed E-state index contributed by atoms with van der Waals surface area (Å²) >= 11 is 5.96. The maximum absolute atomic E-state index is 11.5. The summed E-state index contributed by atoms with van der Waals surface area (Å²) in [5.74, 6) is 0.707. The van der Waals surface area contributed by atoms with Crippen molar-refractivity contribution in [2.45, 2.75) is 6.92 Å². The highest BCUT2D eigenvalue weighted by molar-refractivity contribution is 6.33. The van der Waals surface area contributed by atoms with Gasteiger partial charge in [-0.3, -0.25) is 20.2 Å². The number of rotatable bonds is 7. The maximum atomic E-state index is 11.5. The zero-order chi connectivity index (χ0) is 21.8. The molecule has 9 nitrogen and oxygen atoms in total. The van der Waals surface area contributed by atoms with E-state index < -0.39 is 21.2 Å². The number of anilines is 4. The van der Waals surface area contributed by atoms with E-state index in [1.165, 1.54) is 6.07 Å². The van der Waals surface area contributed by atoms with Crippen LogP contribution in [-0.2, 0) is 0 Å². The third kappa shape index (κ3) is 4.58. The van der Waals surface area contributed by atoms with Crippen LogP contribution in [0.15, 0.2) is 54.6 Å². The van der Waals surface area contributed by atoms with Gasteiger partial charge in [-0.25, -0.2) is 0 Å². The number of hydrogen-bond acceptors (Lipinski definition) is 7. The molecule has 0 aromatic heterocycles. The lowest BCUT2D eigenvalue weighted by Gasteiger charge is -2.15. The average molecular weight is 429 g/mol. The number of nitro groups is 2. The van der Waals surface area contributed by atoms with Gasteiger partial charge < -0.3 is 15.4 Å². The summed E-state index contributed by atoms with van der Waals surface area (Å²) < 4.78 is 5.15. The number of aryl methyl sites for hydroxylation is 1. The van der Waals surface area contributed by atoms with Gasteiger partial charge in [0.2, 0.25) is 0 Å². The predicted octanol–water partition coefficient (Wildman–Crippen LogP) is 5.96. The van der Waals surface area contributed by atoms with Gasteiger partial charge >= 0.3 is 0 Å². The van der Waals surface area contributed by atoms with Crippen LogP contribution in [-0.4, -0.2) is 17.0 Å². The number of nitro benzene ring substituents is 2. The van der Waals surface area contributed by atoms with Crippen molar-refractivity contribution in [2.75, 3.05) is 17.7 Å². The van der Waals surface area contributed by atoms with E-state index in [9.17, 15) is 20.2 Å². The molecule has 0 radical (unpaired) electrons. The van der Waals surface area contributed by atoms with Crippen LogP contribution in [0.5, 0.6) is 5.75 Å². The normalized spacial score (nSPS) is 10.4. The van der Waals surface area contributed by atoms with E-state index in [-0.39, 0.29) is 10.7 Å². The van der Waals surface area contributed by atoms with E-state index in [4.69, 9.17) is 16.3 Å². The van der Waals surface area contributed by atoms with Crippen LogP contribution < -0.4 is 15.4 Å². The van der Waals surface area contributed by atoms with Crippen molar-refractivity contribution in [3.8, 4) is 5.75 Å². The summed E-state index contributed by atoms with van der Waals surface area (Å²) in [6, 6.07) is 14.8. The lowest BCUT2D eigenvalue weighted by atomic mass is 10.1. The first-order valence-corrected chi connectivity index (χ1v) is 9.07. The minimum atomic E-state index is -0.761. The van der Waals surface area contributed by atoms with Gasteiger partial charge in [0.15, 0.2) is 0 Å². The molecule has 0 saturated heterocycles. The SMILES string of the molecule is COc1ccc(Nc2ccc(C)cc2Nc2cc(Cl)c([N+](=O)[O-])cc2[N+](=O)[O-])cc1. The van der Waals surface area contributed by atoms with E-state index in [1.807, 2.05) is 31.2 Å². The van der Waals surface area contributed by atoms with Crippen molar-refractivity contribution >= 4 is 45.7 Å². The highest BCUT2D eigenvalue weighted by Crippen LogP contribution is 2.39. The molecule has 0 aliphatic rings. The molecule has 154 valence electrons. The van der Waals surface area contributed by atoms with Crippen LogP contribution in [0.1, 0.15) is 5.56 Å². The fraction of sp³-hybridized carbons (Fsp3) is 0.100. The first kappa shape index (κ1) is 20.9. The second kappa shape index (κ2) is 8.66. The Morgan fingerprint density at radius 2 is 1.50 bits per heavy atom. The van der Waals surface area contributed by atoms with Gasteiger partial charge in [0.25, 0.3) is 11.4 Å². The second-order valence-corrected chi connectivity index (χ2v) is 6.77. The molecule has 3 aromatic rings. The Bertz CT molecular complexity index is 1120. The van der Waals surface area contributed by atoms with Gasteiger partial charge in [0, 0.05) is 5.69 Å². The molecule has 0 atom stereocenters. The Kier molecular flexibility index (Phi) is 6.03. The zero-order valence-corrected chi connectivity index (χ0v) is 16.8. The summed E-state index contributed by atoms with van der Waals surface area (Å²) in [6.45, 7) is 1.87. The van der Waals surface area contributed by atoms with E-state index in [0.29, 0.717) is 17.1 Å². The lowest BCUT2D eigenvalue weighted by molar-refractivity contribution is -0.393. The molecule has 0 aliphatic carbocycles. The maximum Gasteiger partial charge on any atom is 0.299 e. The first-order valence-electron chi connectivity index (χ1n) is 8.69. The number of nitrogens with one attached hydrogen (secondary N) is 2. The standard InChI is InChI=1S/C20H17ClN4O5/c1-12-3-8-16(22-13-4-6-14(30-2)7-5-13)17(9-12)23-18-10-15(21)19(24(26)27)11-20(18)25(28)29/h3-11,22-23H,1-2H3.